The van der Waals surface area contributed by atoms with Crippen LogP contribution in [-0.4, -0.2) is 35.8 Å². The molecule has 0 saturated carbocycles. The number of nitrogens with one attached hydrogen (secondary N) is 1. The highest BCUT2D eigenvalue weighted by Gasteiger charge is 2.27. The van der Waals surface area contributed by atoms with Crippen LogP contribution in [0, 0.1) is 12.3 Å². The predicted molar refractivity (Wildman–Crippen MR) is 52.3 cm³/mol. The second-order valence-corrected chi connectivity index (χ2v) is 3.24. The molecule has 0 aromatic heterocycles. The Morgan fingerprint density at radius 2 is 2.36 bits per heavy atom. The number of terminal acetylenes is 1. The average Bonchev–Trinajstić information content (AvgIpc) is 2.31. The molecule has 1 saturated heterocycles. The van der Waals surface area contributed by atoms with Crippen molar-refractivity contribution < 1.29 is 9.59 Å². The molecule has 1 fully saturated rings. The molecule has 1 aliphatic heterocycles. The minimum atomic E-state index is -0.404. The van der Waals surface area contributed by atoms with E-state index in [0.717, 1.165) is 0 Å². The smallest absolute Gasteiger partial charge is 0.245 e. The van der Waals surface area contributed by atoms with Gasteiger partial charge < -0.3 is 10.2 Å². The molecule has 0 spiro atoms. The molecule has 0 radical (unpaired) electrons. The lowest BCUT2D eigenvalue weighted by Crippen LogP contribution is -2.44. The molecule has 1 heterocycles. The van der Waals surface area contributed by atoms with Gasteiger partial charge in [0.25, 0.3) is 0 Å². The zero-order chi connectivity index (χ0) is 10.6. The Morgan fingerprint density at radius 3 is 2.93 bits per heavy atom. The summed E-state index contributed by atoms with van der Waals surface area (Å²) in [6, 6.07) is -0.404. The number of hydrogen-bond donors (Lipinski definition) is 1. The third kappa shape index (κ3) is 2.25. The van der Waals surface area contributed by atoms with Crippen LogP contribution in [0.1, 0.15) is 19.8 Å². The SMILES string of the molecule is C#CCN1CCC(=O)NC(CC)C1=O. The van der Waals surface area contributed by atoms with Gasteiger partial charge >= 0.3 is 0 Å². The fourth-order valence-corrected chi connectivity index (χ4v) is 1.44. The highest BCUT2D eigenvalue weighted by molar-refractivity contribution is 5.90. The molecule has 76 valence electrons. The molecule has 1 rings (SSSR count). The first-order valence-corrected chi connectivity index (χ1v) is 4.70. The minimum Gasteiger partial charge on any atom is -0.344 e. The largest absolute Gasteiger partial charge is 0.344 e. The van der Waals surface area contributed by atoms with Crippen molar-refractivity contribution in [1.82, 2.24) is 10.2 Å². The van der Waals surface area contributed by atoms with Crippen molar-refractivity contribution >= 4 is 11.8 Å². The second kappa shape index (κ2) is 4.66. The lowest BCUT2D eigenvalue weighted by Gasteiger charge is -2.20. The number of nitrogens with zero attached hydrogens (tertiary/aromatic N) is 1. The summed E-state index contributed by atoms with van der Waals surface area (Å²) in [5.41, 5.74) is 0. The topological polar surface area (TPSA) is 49.4 Å². The summed E-state index contributed by atoms with van der Waals surface area (Å²) in [6.45, 7) is 2.57. The molecular formula is C10H14N2O2. The zero-order valence-electron chi connectivity index (χ0n) is 8.25. The van der Waals surface area contributed by atoms with Crippen molar-refractivity contribution in [2.75, 3.05) is 13.1 Å². The van der Waals surface area contributed by atoms with E-state index < -0.39 is 6.04 Å². The summed E-state index contributed by atoms with van der Waals surface area (Å²) in [4.78, 5) is 24.5. The number of carbonyl (C=O) groups excluding carboxylic acids is 2. The van der Waals surface area contributed by atoms with Crippen LogP contribution in [0.15, 0.2) is 0 Å². The summed E-state index contributed by atoms with van der Waals surface area (Å²) >= 11 is 0. The molecular weight excluding hydrogens is 180 g/mol. The minimum absolute atomic E-state index is 0.0729. The van der Waals surface area contributed by atoms with E-state index in [0.29, 0.717) is 19.4 Å². The van der Waals surface area contributed by atoms with Crippen molar-refractivity contribution in [3.8, 4) is 12.3 Å². The number of amides is 2. The first-order chi connectivity index (χ1) is 6.69. The van der Waals surface area contributed by atoms with E-state index in [4.69, 9.17) is 6.42 Å². The summed E-state index contributed by atoms with van der Waals surface area (Å²) < 4.78 is 0. The van der Waals surface area contributed by atoms with Crippen LogP contribution in [0.4, 0.5) is 0 Å². The molecule has 1 unspecified atom stereocenters. The summed E-state index contributed by atoms with van der Waals surface area (Å²) in [5, 5.41) is 2.67. The fourth-order valence-electron chi connectivity index (χ4n) is 1.44. The Labute approximate surface area is 83.6 Å². The van der Waals surface area contributed by atoms with Crippen LogP contribution < -0.4 is 5.32 Å². The third-order valence-electron chi connectivity index (χ3n) is 2.24. The second-order valence-electron chi connectivity index (χ2n) is 3.24. The van der Waals surface area contributed by atoms with Gasteiger partial charge in [-0.2, -0.15) is 0 Å². The van der Waals surface area contributed by atoms with Crippen LogP contribution in [0.2, 0.25) is 0 Å². The predicted octanol–water partition coefficient (Wildman–Crippen LogP) is -0.253. The molecule has 1 atom stereocenters. The maximum Gasteiger partial charge on any atom is 0.245 e. The third-order valence-corrected chi connectivity index (χ3v) is 2.24. The quantitative estimate of drug-likeness (QED) is 0.616. The Kier molecular flexibility index (Phi) is 3.52. The van der Waals surface area contributed by atoms with Gasteiger partial charge in [0.1, 0.15) is 6.04 Å². The van der Waals surface area contributed by atoms with Gasteiger partial charge in [0.2, 0.25) is 11.8 Å². The Bertz CT molecular complexity index is 280. The lowest BCUT2D eigenvalue weighted by atomic mass is 10.2. The zero-order valence-corrected chi connectivity index (χ0v) is 8.25. The highest BCUT2D eigenvalue weighted by Crippen LogP contribution is 2.05. The van der Waals surface area contributed by atoms with Gasteiger partial charge in [-0.1, -0.05) is 12.8 Å². The van der Waals surface area contributed by atoms with Gasteiger partial charge in [-0.25, -0.2) is 0 Å². The molecule has 0 bridgehead atoms. The molecule has 0 aliphatic carbocycles. The molecule has 1 N–H and O–H groups in total. The van der Waals surface area contributed by atoms with Crippen molar-refractivity contribution in [3.63, 3.8) is 0 Å². The summed E-state index contributed by atoms with van der Waals surface area (Å²) in [7, 11) is 0. The maximum atomic E-state index is 11.7. The monoisotopic (exact) mass is 194 g/mol. The van der Waals surface area contributed by atoms with Crippen molar-refractivity contribution in [2.45, 2.75) is 25.8 Å². The first kappa shape index (κ1) is 10.6. The number of carbonyl (C=O) groups is 2. The number of hydrogen-bond acceptors (Lipinski definition) is 2. The molecule has 0 aromatic rings. The van der Waals surface area contributed by atoms with E-state index in [9.17, 15) is 9.59 Å². The Hall–Kier alpha value is -1.50. The van der Waals surface area contributed by atoms with Crippen LogP contribution >= 0.6 is 0 Å². The van der Waals surface area contributed by atoms with E-state index in [2.05, 4.69) is 11.2 Å². The van der Waals surface area contributed by atoms with Crippen LogP contribution in [0.25, 0.3) is 0 Å². The molecule has 0 aromatic carbocycles. The Morgan fingerprint density at radius 1 is 1.64 bits per heavy atom. The molecule has 1 aliphatic rings. The van der Waals surface area contributed by atoms with E-state index in [1.165, 1.54) is 0 Å². The van der Waals surface area contributed by atoms with E-state index in [1.54, 1.807) is 4.90 Å². The first-order valence-electron chi connectivity index (χ1n) is 4.70. The molecule has 14 heavy (non-hydrogen) atoms. The molecule has 4 nitrogen and oxygen atoms in total. The summed E-state index contributed by atoms with van der Waals surface area (Å²) in [6.07, 6.45) is 6.08. The lowest BCUT2D eigenvalue weighted by molar-refractivity contribution is -0.133. The van der Waals surface area contributed by atoms with Gasteiger partial charge in [-0.15, -0.1) is 6.42 Å². The van der Waals surface area contributed by atoms with Crippen LogP contribution in [0.3, 0.4) is 0 Å². The normalized spacial score (nSPS) is 22.6. The van der Waals surface area contributed by atoms with Crippen molar-refractivity contribution in [3.05, 3.63) is 0 Å². The molecule has 4 heteroatoms. The highest BCUT2D eigenvalue weighted by atomic mass is 16.2. The van der Waals surface area contributed by atoms with E-state index in [1.807, 2.05) is 6.92 Å². The maximum absolute atomic E-state index is 11.7. The van der Waals surface area contributed by atoms with E-state index in [-0.39, 0.29) is 18.4 Å². The fraction of sp³-hybridized carbons (Fsp3) is 0.600. The van der Waals surface area contributed by atoms with Crippen molar-refractivity contribution in [1.29, 1.82) is 0 Å². The van der Waals surface area contributed by atoms with Gasteiger partial charge in [0.05, 0.1) is 6.54 Å². The van der Waals surface area contributed by atoms with Gasteiger partial charge in [-0.05, 0) is 6.42 Å². The van der Waals surface area contributed by atoms with Gasteiger partial charge in [0, 0.05) is 13.0 Å². The Balaban J connectivity index is 2.75. The standard InChI is InChI=1S/C10H14N2O2/c1-3-6-12-7-5-9(13)11-8(4-2)10(12)14/h1,8H,4-7H2,2H3,(H,11,13). The van der Waals surface area contributed by atoms with Crippen LogP contribution in [-0.2, 0) is 9.59 Å². The van der Waals surface area contributed by atoms with Gasteiger partial charge in [-0.3, -0.25) is 9.59 Å². The number of rotatable bonds is 2. The van der Waals surface area contributed by atoms with Crippen LogP contribution in [0.5, 0.6) is 0 Å². The van der Waals surface area contributed by atoms with Crippen molar-refractivity contribution in [2.24, 2.45) is 0 Å². The average molecular weight is 194 g/mol. The molecule has 2 amide bonds. The van der Waals surface area contributed by atoms with Gasteiger partial charge in [0.15, 0.2) is 0 Å². The summed E-state index contributed by atoms with van der Waals surface area (Å²) in [5.74, 6) is 2.27. The van der Waals surface area contributed by atoms with E-state index >= 15 is 0 Å².